The first kappa shape index (κ1) is 9.01. The van der Waals surface area contributed by atoms with Crippen LogP contribution >= 0.6 is 0 Å². The molecule has 2 atom stereocenters. The van der Waals surface area contributed by atoms with Crippen LogP contribution in [0.5, 0.6) is 0 Å². The first-order valence-corrected chi connectivity index (χ1v) is 4.61. The van der Waals surface area contributed by atoms with Gasteiger partial charge in [-0.3, -0.25) is 0 Å². The van der Waals surface area contributed by atoms with E-state index in [1.54, 1.807) is 0 Å². The molecule has 0 saturated heterocycles. The van der Waals surface area contributed by atoms with Crippen LogP contribution in [0.15, 0.2) is 0 Å². The summed E-state index contributed by atoms with van der Waals surface area (Å²) in [6.45, 7) is 3.11. The zero-order valence-corrected chi connectivity index (χ0v) is 7.69. The van der Waals surface area contributed by atoms with Crippen LogP contribution in [0.4, 0.5) is 0 Å². The molecule has 1 rings (SSSR count). The third-order valence-electron chi connectivity index (χ3n) is 3.01. The highest BCUT2D eigenvalue weighted by atomic mass is 15.0. The van der Waals surface area contributed by atoms with Crippen LogP contribution in [0.3, 0.4) is 0 Å². The van der Waals surface area contributed by atoms with E-state index in [1.165, 1.54) is 25.7 Å². The second-order valence-electron chi connectivity index (χ2n) is 3.94. The molecular formula is C9H20N2. The number of nitrogens with two attached hydrogens (primary N) is 1. The smallest absolute Gasteiger partial charge is 0.0303 e. The van der Waals surface area contributed by atoms with Gasteiger partial charge in [-0.1, -0.05) is 19.8 Å². The minimum atomic E-state index is 0.262. The Morgan fingerprint density at radius 2 is 2.36 bits per heavy atom. The first-order valence-electron chi connectivity index (χ1n) is 4.61. The Kier molecular flexibility index (Phi) is 2.90. The molecule has 11 heavy (non-hydrogen) atoms. The number of likely N-dealkylation sites (N-methyl/N-ethyl adjacent to an activating group) is 1. The molecule has 66 valence electrons. The van der Waals surface area contributed by atoms with E-state index < -0.39 is 0 Å². The van der Waals surface area contributed by atoms with E-state index in [0.717, 1.165) is 12.5 Å². The Bertz CT molecular complexity index is 119. The highest BCUT2D eigenvalue weighted by Crippen LogP contribution is 2.30. The van der Waals surface area contributed by atoms with Crippen LogP contribution in [-0.4, -0.2) is 19.1 Å². The van der Waals surface area contributed by atoms with Gasteiger partial charge in [0.25, 0.3) is 0 Å². The zero-order chi connectivity index (χ0) is 8.32. The molecule has 2 nitrogen and oxygen atoms in total. The summed E-state index contributed by atoms with van der Waals surface area (Å²) in [5.74, 6) is 0.847. The summed E-state index contributed by atoms with van der Waals surface area (Å²) < 4.78 is 0. The maximum atomic E-state index is 5.75. The fourth-order valence-electron chi connectivity index (χ4n) is 2.17. The van der Waals surface area contributed by atoms with Gasteiger partial charge in [-0.15, -0.1) is 0 Å². The lowest BCUT2D eigenvalue weighted by Crippen LogP contribution is -2.52. The molecule has 0 amide bonds. The van der Waals surface area contributed by atoms with Crippen LogP contribution in [0.1, 0.15) is 32.6 Å². The number of hydrogen-bond donors (Lipinski definition) is 2. The normalized spacial score (nSPS) is 39.0. The lowest BCUT2D eigenvalue weighted by molar-refractivity contribution is 0.205. The fourth-order valence-corrected chi connectivity index (χ4v) is 2.17. The van der Waals surface area contributed by atoms with E-state index >= 15 is 0 Å². The van der Waals surface area contributed by atoms with Crippen LogP contribution in [0, 0.1) is 5.92 Å². The Labute approximate surface area is 69.5 Å². The molecule has 1 fully saturated rings. The second kappa shape index (κ2) is 3.55. The van der Waals surface area contributed by atoms with Crippen molar-refractivity contribution in [3.63, 3.8) is 0 Å². The van der Waals surface area contributed by atoms with Gasteiger partial charge in [-0.05, 0) is 25.8 Å². The van der Waals surface area contributed by atoms with E-state index in [0.29, 0.717) is 0 Å². The molecular weight excluding hydrogens is 136 g/mol. The maximum absolute atomic E-state index is 5.75. The van der Waals surface area contributed by atoms with Gasteiger partial charge < -0.3 is 11.1 Å². The van der Waals surface area contributed by atoms with Gasteiger partial charge in [0.05, 0.1) is 0 Å². The molecule has 1 aliphatic carbocycles. The predicted octanol–water partition coefficient (Wildman–Crippen LogP) is 1.11. The molecule has 1 saturated carbocycles. The fraction of sp³-hybridized carbons (Fsp3) is 1.00. The maximum Gasteiger partial charge on any atom is 0.0303 e. The van der Waals surface area contributed by atoms with E-state index in [4.69, 9.17) is 5.73 Å². The second-order valence-corrected chi connectivity index (χ2v) is 3.94. The van der Waals surface area contributed by atoms with Gasteiger partial charge in [0.1, 0.15) is 0 Å². The monoisotopic (exact) mass is 156 g/mol. The third-order valence-corrected chi connectivity index (χ3v) is 3.01. The van der Waals surface area contributed by atoms with Gasteiger partial charge in [-0.2, -0.15) is 0 Å². The van der Waals surface area contributed by atoms with Crippen molar-refractivity contribution in [2.45, 2.75) is 38.1 Å². The zero-order valence-electron chi connectivity index (χ0n) is 7.69. The molecule has 2 unspecified atom stereocenters. The Hall–Kier alpha value is -0.0800. The first-order chi connectivity index (χ1) is 5.22. The molecule has 0 bridgehead atoms. The molecule has 2 heteroatoms. The van der Waals surface area contributed by atoms with Crippen LogP contribution in [-0.2, 0) is 0 Å². The van der Waals surface area contributed by atoms with Crippen LogP contribution in [0.25, 0.3) is 0 Å². The topological polar surface area (TPSA) is 38.0 Å². The standard InChI is InChI=1S/C9H20N2/c1-8-4-3-5-9(6-8,7-10)11-2/h8,11H,3-7,10H2,1-2H3. The van der Waals surface area contributed by atoms with Crippen molar-refractivity contribution >= 4 is 0 Å². The summed E-state index contributed by atoms with van der Waals surface area (Å²) in [5.41, 5.74) is 6.01. The molecule has 0 aromatic heterocycles. The molecule has 0 radical (unpaired) electrons. The highest BCUT2D eigenvalue weighted by Gasteiger charge is 2.31. The Balaban J connectivity index is 2.52. The quantitative estimate of drug-likeness (QED) is 0.628. The van der Waals surface area contributed by atoms with Gasteiger partial charge in [0, 0.05) is 12.1 Å². The molecule has 0 aliphatic heterocycles. The molecule has 0 heterocycles. The minimum absolute atomic E-state index is 0.262. The largest absolute Gasteiger partial charge is 0.329 e. The SMILES string of the molecule is CNC1(CN)CCCC(C)C1. The average molecular weight is 156 g/mol. The number of nitrogens with one attached hydrogen (secondary N) is 1. The summed E-state index contributed by atoms with van der Waals surface area (Å²) in [6, 6.07) is 0. The number of hydrogen-bond acceptors (Lipinski definition) is 2. The van der Waals surface area contributed by atoms with Gasteiger partial charge >= 0.3 is 0 Å². The minimum Gasteiger partial charge on any atom is -0.329 e. The van der Waals surface area contributed by atoms with Gasteiger partial charge in [-0.25, -0.2) is 0 Å². The molecule has 0 aromatic carbocycles. The van der Waals surface area contributed by atoms with Crippen molar-refractivity contribution in [2.75, 3.05) is 13.6 Å². The lowest BCUT2D eigenvalue weighted by Gasteiger charge is -2.39. The predicted molar refractivity (Wildman–Crippen MR) is 48.5 cm³/mol. The van der Waals surface area contributed by atoms with Crippen molar-refractivity contribution < 1.29 is 0 Å². The van der Waals surface area contributed by atoms with E-state index in [-0.39, 0.29) is 5.54 Å². The third kappa shape index (κ3) is 1.94. The summed E-state index contributed by atoms with van der Waals surface area (Å²) in [5, 5.41) is 3.37. The molecule has 0 spiro atoms. The van der Waals surface area contributed by atoms with Crippen molar-refractivity contribution in [3.05, 3.63) is 0 Å². The highest BCUT2D eigenvalue weighted by molar-refractivity contribution is 4.92. The van der Waals surface area contributed by atoms with E-state index in [1.807, 2.05) is 7.05 Å². The molecule has 3 N–H and O–H groups in total. The summed E-state index contributed by atoms with van der Waals surface area (Å²) in [7, 11) is 2.03. The lowest BCUT2D eigenvalue weighted by atomic mass is 9.76. The van der Waals surface area contributed by atoms with Gasteiger partial charge in [0.15, 0.2) is 0 Å². The number of rotatable bonds is 2. The van der Waals surface area contributed by atoms with Crippen LogP contribution in [0.2, 0.25) is 0 Å². The molecule has 1 aliphatic rings. The Morgan fingerprint density at radius 1 is 1.64 bits per heavy atom. The summed E-state index contributed by atoms with van der Waals surface area (Å²) in [6.07, 6.45) is 5.22. The van der Waals surface area contributed by atoms with Crippen molar-refractivity contribution in [1.29, 1.82) is 0 Å². The van der Waals surface area contributed by atoms with Crippen molar-refractivity contribution in [3.8, 4) is 0 Å². The van der Waals surface area contributed by atoms with Crippen LogP contribution < -0.4 is 11.1 Å². The summed E-state index contributed by atoms with van der Waals surface area (Å²) in [4.78, 5) is 0. The van der Waals surface area contributed by atoms with Crippen molar-refractivity contribution in [2.24, 2.45) is 11.7 Å². The van der Waals surface area contributed by atoms with Gasteiger partial charge in [0.2, 0.25) is 0 Å². The Morgan fingerprint density at radius 3 is 2.73 bits per heavy atom. The van der Waals surface area contributed by atoms with Crippen molar-refractivity contribution in [1.82, 2.24) is 5.32 Å². The van der Waals surface area contributed by atoms with E-state index in [9.17, 15) is 0 Å². The summed E-state index contributed by atoms with van der Waals surface area (Å²) >= 11 is 0. The van der Waals surface area contributed by atoms with E-state index in [2.05, 4.69) is 12.2 Å². The average Bonchev–Trinajstić information content (AvgIpc) is 2.04. The molecule has 0 aromatic rings.